The van der Waals surface area contributed by atoms with E-state index in [-0.39, 0.29) is 11.5 Å². The summed E-state index contributed by atoms with van der Waals surface area (Å²) >= 11 is 0. The lowest BCUT2D eigenvalue weighted by Crippen LogP contribution is -2.12. The maximum atomic E-state index is 10.9. The summed E-state index contributed by atoms with van der Waals surface area (Å²) in [5, 5.41) is 2.56. The van der Waals surface area contributed by atoms with Gasteiger partial charge >= 0.3 is 0 Å². The summed E-state index contributed by atoms with van der Waals surface area (Å²) in [5.41, 5.74) is 1.06. The molecule has 0 aliphatic heterocycles. The van der Waals surface area contributed by atoms with Crippen LogP contribution in [0.1, 0.15) is 12.5 Å². The van der Waals surface area contributed by atoms with E-state index in [2.05, 4.69) is 10.3 Å². The first-order valence-corrected chi connectivity index (χ1v) is 3.56. The second kappa shape index (κ2) is 3.21. The van der Waals surface area contributed by atoms with E-state index in [4.69, 9.17) is 0 Å². The van der Waals surface area contributed by atoms with Gasteiger partial charge in [-0.25, -0.2) is 0 Å². The average molecular weight is 166 g/mol. The molecule has 0 aliphatic carbocycles. The summed E-state index contributed by atoms with van der Waals surface area (Å²) in [6.45, 7) is 3.10. The maximum absolute atomic E-state index is 10.9. The number of aromatic nitrogens is 1. The Bertz CT molecular complexity index is 354. The van der Waals surface area contributed by atoms with E-state index in [0.717, 1.165) is 0 Å². The molecule has 0 bridgehead atoms. The Hall–Kier alpha value is -1.58. The molecule has 0 radical (unpaired) electrons. The monoisotopic (exact) mass is 166 g/mol. The number of hydrogen-bond donors (Lipinski definition) is 2. The summed E-state index contributed by atoms with van der Waals surface area (Å²) in [4.78, 5) is 24.0. The predicted octanol–water partition coefficient (Wildman–Crippen LogP) is 0.642. The fraction of sp³-hybridized carbons (Fsp3) is 0.250. The number of hydrogen-bond acceptors (Lipinski definition) is 2. The van der Waals surface area contributed by atoms with Crippen molar-refractivity contribution in [1.82, 2.24) is 4.98 Å². The van der Waals surface area contributed by atoms with E-state index in [1.807, 2.05) is 0 Å². The van der Waals surface area contributed by atoms with Crippen molar-refractivity contribution < 1.29 is 4.79 Å². The summed E-state index contributed by atoms with van der Waals surface area (Å²) in [6.07, 6.45) is 1.47. The van der Waals surface area contributed by atoms with Crippen LogP contribution in [0.5, 0.6) is 0 Å². The molecule has 1 aromatic rings. The number of carbonyl (C=O) groups excluding carboxylic acids is 1. The fourth-order valence-corrected chi connectivity index (χ4v) is 0.873. The number of anilines is 1. The fourth-order valence-electron chi connectivity index (χ4n) is 0.873. The number of aromatic amines is 1. The summed E-state index contributed by atoms with van der Waals surface area (Å²) in [7, 11) is 0. The quantitative estimate of drug-likeness (QED) is 0.643. The molecule has 0 aliphatic rings. The molecule has 1 rings (SSSR count). The highest BCUT2D eigenvalue weighted by molar-refractivity contribution is 5.88. The minimum atomic E-state index is -0.151. The smallest absolute Gasteiger partial charge is 0.250 e. The number of rotatable bonds is 1. The molecule has 4 heteroatoms. The van der Waals surface area contributed by atoms with Gasteiger partial charge < -0.3 is 10.3 Å². The standard InChI is InChI=1S/C8H10N2O2/c1-5-3-7(10-6(2)11)4-9-8(5)12/h3-4H,1-2H3,(H,9,12)(H,10,11). The second-order valence-corrected chi connectivity index (χ2v) is 2.58. The molecule has 0 atom stereocenters. The van der Waals surface area contributed by atoms with Crippen molar-refractivity contribution in [1.29, 1.82) is 0 Å². The first-order valence-electron chi connectivity index (χ1n) is 3.56. The SMILES string of the molecule is CC(=O)Nc1c[nH]c(=O)c(C)c1. The zero-order valence-corrected chi connectivity index (χ0v) is 6.97. The number of pyridine rings is 1. The number of carbonyl (C=O) groups is 1. The highest BCUT2D eigenvalue weighted by atomic mass is 16.1. The van der Waals surface area contributed by atoms with Crippen LogP contribution in [-0.4, -0.2) is 10.9 Å². The summed E-state index contributed by atoms with van der Waals surface area (Å²) in [5.74, 6) is -0.151. The lowest BCUT2D eigenvalue weighted by atomic mass is 10.3. The number of nitrogens with one attached hydrogen (secondary N) is 2. The Labute approximate surface area is 69.6 Å². The van der Waals surface area contributed by atoms with E-state index in [9.17, 15) is 9.59 Å². The van der Waals surface area contributed by atoms with Crippen LogP contribution < -0.4 is 10.9 Å². The van der Waals surface area contributed by atoms with Crippen LogP contribution in [0, 0.1) is 6.92 Å². The number of amides is 1. The van der Waals surface area contributed by atoms with Gasteiger partial charge in [0.2, 0.25) is 5.91 Å². The van der Waals surface area contributed by atoms with E-state index >= 15 is 0 Å². The van der Waals surface area contributed by atoms with Crippen LogP contribution in [0.3, 0.4) is 0 Å². The molecule has 1 heterocycles. The van der Waals surface area contributed by atoms with Gasteiger partial charge in [-0.05, 0) is 13.0 Å². The van der Waals surface area contributed by atoms with Crippen molar-refractivity contribution in [2.45, 2.75) is 13.8 Å². The van der Waals surface area contributed by atoms with Crippen molar-refractivity contribution in [3.05, 3.63) is 28.2 Å². The van der Waals surface area contributed by atoms with Crippen molar-refractivity contribution in [2.24, 2.45) is 0 Å². The molecule has 0 saturated carbocycles. The second-order valence-electron chi connectivity index (χ2n) is 2.58. The molecular weight excluding hydrogens is 156 g/mol. The van der Waals surface area contributed by atoms with Crippen LogP contribution in [0.15, 0.2) is 17.1 Å². The van der Waals surface area contributed by atoms with Gasteiger partial charge in [-0.15, -0.1) is 0 Å². The molecule has 12 heavy (non-hydrogen) atoms. The van der Waals surface area contributed by atoms with Gasteiger partial charge in [0.1, 0.15) is 0 Å². The van der Waals surface area contributed by atoms with Gasteiger partial charge in [0.05, 0.1) is 5.69 Å². The Balaban J connectivity index is 2.97. The van der Waals surface area contributed by atoms with Crippen LogP contribution >= 0.6 is 0 Å². The lowest BCUT2D eigenvalue weighted by Gasteiger charge is -2.00. The summed E-state index contributed by atoms with van der Waals surface area (Å²) < 4.78 is 0. The third-order valence-corrected chi connectivity index (χ3v) is 1.41. The van der Waals surface area contributed by atoms with E-state index in [1.54, 1.807) is 13.0 Å². The van der Waals surface area contributed by atoms with Gasteiger partial charge in [-0.3, -0.25) is 9.59 Å². The van der Waals surface area contributed by atoms with E-state index in [0.29, 0.717) is 11.3 Å². The van der Waals surface area contributed by atoms with E-state index in [1.165, 1.54) is 13.1 Å². The molecule has 0 aromatic carbocycles. The Morgan fingerprint density at radius 1 is 1.58 bits per heavy atom. The molecular formula is C8H10N2O2. The van der Waals surface area contributed by atoms with Crippen LogP contribution in [-0.2, 0) is 4.79 Å². The van der Waals surface area contributed by atoms with Gasteiger partial charge in [-0.1, -0.05) is 0 Å². The van der Waals surface area contributed by atoms with Crippen molar-refractivity contribution in [2.75, 3.05) is 5.32 Å². The Kier molecular flexibility index (Phi) is 2.28. The first kappa shape index (κ1) is 8.52. The predicted molar refractivity (Wildman–Crippen MR) is 46.1 cm³/mol. The largest absolute Gasteiger partial charge is 0.327 e. The molecule has 0 unspecified atom stereocenters. The van der Waals surface area contributed by atoms with Gasteiger partial charge in [0, 0.05) is 18.7 Å². The topological polar surface area (TPSA) is 62.0 Å². The minimum absolute atomic E-state index is 0.135. The molecule has 1 aromatic heterocycles. The zero-order chi connectivity index (χ0) is 9.14. The summed E-state index contributed by atoms with van der Waals surface area (Å²) in [6, 6.07) is 1.63. The molecule has 1 amide bonds. The highest BCUT2D eigenvalue weighted by Crippen LogP contribution is 2.03. The maximum Gasteiger partial charge on any atom is 0.250 e. The molecule has 64 valence electrons. The van der Waals surface area contributed by atoms with Gasteiger partial charge in [-0.2, -0.15) is 0 Å². The average Bonchev–Trinajstić information content (AvgIpc) is 1.96. The zero-order valence-electron chi connectivity index (χ0n) is 6.97. The first-order chi connectivity index (χ1) is 5.59. The molecule has 0 saturated heterocycles. The third-order valence-electron chi connectivity index (χ3n) is 1.41. The van der Waals surface area contributed by atoms with Gasteiger partial charge in [0.15, 0.2) is 0 Å². The lowest BCUT2D eigenvalue weighted by molar-refractivity contribution is -0.114. The van der Waals surface area contributed by atoms with Crippen LogP contribution in [0.2, 0.25) is 0 Å². The minimum Gasteiger partial charge on any atom is -0.327 e. The van der Waals surface area contributed by atoms with Crippen molar-refractivity contribution in [3.63, 3.8) is 0 Å². The van der Waals surface area contributed by atoms with Crippen molar-refractivity contribution >= 4 is 11.6 Å². The number of aryl methyl sites for hydroxylation is 1. The van der Waals surface area contributed by atoms with Crippen molar-refractivity contribution in [3.8, 4) is 0 Å². The molecule has 0 spiro atoms. The third kappa shape index (κ3) is 1.95. The van der Waals surface area contributed by atoms with Gasteiger partial charge in [0.25, 0.3) is 5.56 Å². The molecule has 0 fully saturated rings. The number of H-pyrrole nitrogens is 1. The highest BCUT2D eigenvalue weighted by Gasteiger charge is 1.97. The Morgan fingerprint density at radius 2 is 2.25 bits per heavy atom. The van der Waals surface area contributed by atoms with E-state index < -0.39 is 0 Å². The van der Waals surface area contributed by atoms with Crippen LogP contribution in [0.4, 0.5) is 5.69 Å². The molecule has 4 nitrogen and oxygen atoms in total. The molecule has 2 N–H and O–H groups in total. The van der Waals surface area contributed by atoms with Crippen LogP contribution in [0.25, 0.3) is 0 Å². The normalized spacial score (nSPS) is 9.50. The Morgan fingerprint density at radius 3 is 2.75 bits per heavy atom.